The minimum Gasteiger partial charge on any atom is -0.756 e. The third-order valence-corrected chi connectivity index (χ3v) is 11.1. The Morgan fingerprint density at radius 3 is 1.44 bits per heavy atom. The average Bonchev–Trinajstić information content (AvgIpc) is 3.12. The molecule has 0 aromatic heterocycles. The maximum absolute atomic E-state index is 12.8. The number of rotatable bonds is 41. The minimum absolute atomic E-state index is 0.00151. The van der Waals surface area contributed by atoms with E-state index in [1.165, 1.54) is 135 Å². The van der Waals surface area contributed by atoms with Crippen LogP contribution in [0.5, 0.6) is 0 Å². The molecule has 320 valence electrons. The molecule has 0 aliphatic heterocycles. The summed E-state index contributed by atoms with van der Waals surface area (Å²) in [5, 5.41) is 13.8. The Morgan fingerprint density at radius 1 is 0.630 bits per heavy atom. The minimum atomic E-state index is -4.59. The number of hydrogen-bond acceptors (Lipinski definition) is 6. The van der Waals surface area contributed by atoms with Gasteiger partial charge in [-0.2, -0.15) is 0 Å². The molecule has 0 aliphatic rings. The number of likely N-dealkylation sites (N-methyl/N-ethyl adjacent to an activating group) is 1. The van der Waals surface area contributed by atoms with E-state index in [9.17, 15) is 19.4 Å². The van der Waals surface area contributed by atoms with Gasteiger partial charge in [-0.15, -0.1) is 0 Å². The molecule has 0 aromatic carbocycles. The van der Waals surface area contributed by atoms with E-state index < -0.39 is 20.0 Å². The second-order valence-electron chi connectivity index (χ2n) is 16.8. The first-order valence-corrected chi connectivity index (χ1v) is 24.2. The molecule has 0 bridgehead atoms. The molecule has 1 amide bonds. The van der Waals surface area contributed by atoms with Gasteiger partial charge in [-0.05, 0) is 44.9 Å². The average molecular weight is 785 g/mol. The van der Waals surface area contributed by atoms with Crippen LogP contribution >= 0.6 is 7.82 Å². The highest BCUT2D eigenvalue weighted by atomic mass is 31.2. The summed E-state index contributed by atoms with van der Waals surface area (Å²) < 4.78 is 23.2. The maximum atomic E-state index is 12.8. The Kier molecular flexibility index (Phi) is 36.8. The first kappa shape index (κ1) is 53.0. The van der Waals surface area contributed by atoms with E-state index in [-0.39, 0.29) is 19.1 Å². The lowest BCUT2D eigenvalue weighted by Gasteiger charge is -2.29. The largest absolute Gasteiger partial charge is 0.756 e. The number of nitrogens with one attached hydrogen (secondary N) is 1. The van der Waals surface area contributed by atoms with E-state index in [2.05, 4.69) is 31.3 Å². The molecular weight excluding hydrogens is 695 g/mol. The summed E-state index contributed by atoms with van der Waals surface area (Å²) >= 11 is 0. The Morgan fingerprint density at radius 2 is 1.02 bits per heavy atom. The Labute approximate surface area is 334 Å². The smallest absolute Gasteiger partial charge is 0.268 e. The normalized spacial score (nSPS) is 14.6. The summed E-state index contributed by atoms with van der Waals surface area (Å²) in [6.45, 7) is 4.63. The van der Waals surface area contributed by atoms with Crippen molar-refractivity contribution >= 4 is 13.7 Å². The van der Waals surface area contributed by atoms with Crippen molar-refractivity contribution in [1.82, 2.24) is 5.32 Å². The van der Waals surface area contributed by atoms with Crippen molar-refractivity contribution in [3.8, 4) is 0 Å². The van der Waals surface area contributed by atoms with Gasteiger partial charge in [-0.1, -0.05) is 179 Å². The third kappa shape index (κ3) is 39.2. The zero-order valence-electron chi connectivity index (χ0n) is 36.2. The van der Waals surface area contributed by atoms with E-state index in [0.29, 0.717) is 17.4 Å². The van der Waals surface area contributed by atoms with Crippen LogP contribution in [0.1, 0.15) is 206 Å². The molecule has 0 saturated carbocycles. The second-order valence-corrected chi connectivity index (χ2v) is 18.2. The molecule has 54 heavy (non-hydrogen) atoms. The SMILES string of the molecule is CCCCCCC/C=C\CCCCCCCC(=O)NC(COP(=O)([O-])OCC[N+](C)(C)C)C(O)/C=C/CCCCCCCCCCCCCCCCCC. The van der Waals surface area contributed by atoms with Crippen LogP contribution < -0.4 is 10.2 Å². The van der Waals surface area contributed by atoms with Crippen LogP contribution in [0.2, 0.25) is 0 Å². The van der Waals surface area contributed by atoms with Crippen LogP contribution in [0, 0.1) is 0 Å². The van der Waals surface area contributed by atoms with E-state index in [1.807, 2.05) is 27.2 Å². The molecule has 2 N–H and O–H groups in total. The van der Waals surface area contributed by atoms with Gasteiger partial charge >= 0.3 is 0 Å². The van der Waals surface area contributed by atoms with Crippen molar-refractivity contribution in [3.05, 3.63) is 24.3 Å². The third-order valence-electron chi connectivity index (χ3n) is 10.2. The van der Waals surface area contributed by atoms with Crippen molar-refractivity contribution in [3.63, 3.8) is 0 Å². The van der Waals surface area contributed by atoms with E-state index in [1.54, 1.807) is 6.08 Å². The lowest BCUT2D eigenvalue weighted by molar-refractivity contribution is -0.870. The molecule has 0 aliphatic carbocycles. The van der Waals surface area contributed by atoms with Crippen LogP contribution in [0.4, 0.5) is 0 Å². The van der Waals surface area contributed by atoms with Crippen LogP contribution in [0.25, 0.3) is 0 Å². The van der Waals surface area contributed by atoms with E-state index in [4.69, 9.17) is 9.05 Å². The molecule has 0 rings (SSSR count). The fourth-order valence-corrected chi connectivity index (χ4v) is 7.22. The monoisotopic (exact) mass is 785 g/mol. The van der Waals surface area contributed by atoms with Gasteiger partial charge < -0.3 is 28.8 Å². The molecule has 0 aromatic rings. The van der Waals surface area contributed by atoms with Crippen molar-refractivity contribution in [1.29, 1.82) is 0 Å². The molecule has 3 unspecified atom stereocenters. The molecule has 0 fully saturated rings. The summed E-state index contributed by atoms with van der Waals surface area (Å²) in [5.41, 5.74) is 0. The number of amides is 1. The molecule has 0 radical (unpaired) electrons. The number of carbonyl (C=O) groups is 1. The second kappa shape index (κ2) is 37.6. The quantitative estimate of drug-likeness (QED) is 0.0277. The van der Waals surface area contributed by atoms with Gasteiger partial charge in [-0.3, -0.25) is 9.36 Å². The van der Waals surface area contributed by atoms with Crippen LogP contribution in [-0.2, 0) is 18.4 Å². The first-order chi connectivity index (χ1) is 26.0. The molecule has 0 heterocycles. The van der Waals surface area contributed by atoms with Gasteiger partial charge in [0.05, 0.1) is 39.9 Å². The Bertz CT molecular complexity index is 938. The number of nitrogens with zero attached hydrogens (tertiary/aromatic N) is 1. The van der Waals surface area contributed by atoms with Crippen LogP contribution in [-0.4, -0.2) is 68.5 Å². The lowest BCUT2D eigenvalue weighted by atomic mass is 10.0. The number of phosphoric acid groups is 1. The molecular formula is C45H89N2O6P. The Hall–Kier alpha value is -1.02. The number of hydrogen-bond donors (Lipinski definition) is 2. The number of carbonyl (C=O) groups excluding carboxylic acids is 1. The van der Waals surface area contributed by atoms with Crippen molar-refractivity contribution in [2.75, 3.05) is 40.9 Å². The molecule has 3 atom stereocenters. The van der Waals surface area contributed by atoms with Crippen molar-refractivity contribution < 1.29 is 32.9 Å². The highest BCUT2D eigenvalue weighted by molar-refractivity contribution is 7.45. The predicted octanol–water partition coefficient (Wildman–Crippen LogP) is 11.9. The summed E-state index contributed by atoms with van der Waals surface area (Å²) in [7, 11) is 1.26. The molecule has 0 spiro atoms. The van der Waals surface area contributed by atoms with Crippen molar-refractivity contribution in [2.45, 2.75) is 219 Å². The van der Waals surface area contributed by atoms with Crippen LogP contribution in [0.15, 0.2) is 24.3 Å². The zero-order chi connectivity index (χ0) is 40.0. The standard InChI is InChI=1S/C45H89N2O6P/c1-6-8-10-12-14-16-18-20-22-23-24-25-26-28-30-32-34-36-38-44(48)43(42-53-54(50,51)52-41-40-47(3,4)5)46-45(49)39-37-35-33-31-29-27-21-19-17-15-13-11-9-7-2/h19,21,36,38,43-44,48H,6-18,20,22-35,37,39-42H2,1-5H3,(H-,46,49,50,51)/b21-19-,38-36+. The number of aliphatic hydroxyl groups excluding tert-OH is 1. The van der Waals surface area contributed by atoms with Gasteiger partial charge in [0.1, 0.15) is 13.2 Å². The summed E-state index contributed by atoms with van der Waals surface area (Å²) in [5.74, 6) is -0.206. The highest BCUT2D eigenvalue weighted by Crippen LogP contribution is 2.38. The van der Waals surface area contributed by atoms with Crippen LogP contribution in [0.3, 0.4) is 0 Å². The van der Waals surface area contributed by atoms with Gasteiger partial charge in [0, 0.05) is 6.42 Å². The van der Waals surface area contributed by atoms with E-state index in [0.717, 1.165) is 51.4 Å². The zero-order valence-corrected chi connectivity index (χ0v) is 37.1. The summed E-state index contributed by atoms with van der Waals surface area (Å²) in [6, 6.07) is -0.887. The number of allylic oxidation sites excluding steroid dienone is 3. The predicted molar refractivity (Wildman–Crippen MR) is 228 cm³/mol. The fraction of sp³-hybridized carbons (Fsp3) is 0.889. The maximum Gasteiger partial charge on any atom is 0.268 e. The molecule has 8 nitrogen and oxygen atoms in total. The lowest BCUT2D eigenvalue weighted by Crippen LogP contribution is -2.45. The number of phosphoric ester groups is 1. The number of quaternary nitrogens is 1. The molecule has 9 heteroatoms. The fourth-order valence-electron chi connectivity index (χ4n) is 6.50. The highest BCUT2D eigenvalue weighted by Gasteiger charge is 2.23. The molecule has 0 saturated heterocycles. The topological polar surface area (TPSA) is 108 Å². The number of unbranched alkanes of at least 4 members (excludes halogenated alkanes) is 26. The van der Waals surface area contributed by atoms with Gasteiger partial charge in [0.25, 0.3) is 7.82 Å². The summed E-state index contributed by atoms with van der Waals surface area (Å²) in [6.07, 6.45) is 43.6. The van der Waals surface area contributed by atoms with Gasteiger partial charge in [0.15, 0.2) is 0 Å². The van der Waals surface area contributed by atoms with Crippen molar-refractivity contribution in [2.24, 2.45) is 0 Å². The first-order valence-electron chi connectivity index (χ1n) is 22.7. The van der Waals surface area contributed by atoms with Gasteiger partial charge in [0.2, 0.25) is 5.91 Å². The summed E-state index contributed by atoms with van der Waals surface area (Å²) in [4.78, 5) is 25.3. The Balaban J connectivity index is 4.42. The van der Waals surface area contributed by atoms with E-state index >= 15 is 0 Å². The van der Waals surface area contributed by atoms with Gasteiger partial charge in [-0.25, -0.2) is 0 Å². The number of aliphatic hydroxyl groups is 1.